The quantitative estimate of drug-likeness (QED) is 0.111. The Kier molecular flexibility index (Phi) is 9.92. The van der Waals surface area contributed by atoms with Crippen LogP contribution < -0.4 is 14.9 Å². The number of fused-ring (bicyclic) bond motifs is 2. The van der Waals surface area contributed by atoms with Crippen LogP contribution in [0, 0.1) is 17.0 Å². The Balaban J connectivity index is 0.757. The second kappa shape index (κ2) is 15.3. The number of imide groups is 1. The second-order valence-corrected chi connectivity index (χ2v) is 18.9. The molecule has 3 aromatic carbocycles. The lowest BCUT2D eigenvalue weighted by molar-refractivity contribution is -0.136. The summed E-state index contributed by atoms with van der Waals surface area (Å²) in [6.45, 7) is 3.46. The maximum Gasteiger partial charge on any atom is 0.301 e. The first-order chi connectivity index (χ1) is 30.1. The van der Waals surface area contributed by atoms with Gasteiger partial charge in [-0.25, -0.2) is 18.2 Å². The number of H-pyrrole nitrogens is 1. The van der Waals surface area contributed by atoms with Crippen LogP contribution in [0.3, 0.4) is 0 Å². The van der Waals surface area contributed by atoms with Gasteiger partial charge in [-0.15, -0.1) is 0 Å². The van der Waals surface area contributed by atoms with E-state index in [0.29, 0.717) is 34.3 Å². The average molecular weight is 883 g/mol. The number of aliphatic hydroxyl groups is 1. The molecule has 0 saturated carbocycles. The molecule has 2 aromatic heterocycles. The van der Waals surface area contributed by atoms with Crippen molar-refractivity contribution in [2.24, 2.45) is 5.41 Å². The zero-order chi connectivity index (χ0) is 43.9. The number of ketones is 1. The first-order valence-corrected chi connectivity index (χ1v) is 22.0. The molecule has 0 aliphatic carbocycles. The van der Waals surface area contributed by atoms with Crippen LogP contribution in [-0.2, 0) is 26.3 Å². The van der Waals surface area contributed by atoms with Gasteiger partial charge in [0.05, 0.1) is 17.4 Å². The van der Waals surface area contributed by atoms with Crippen LogP contribution in [0.2, 0.25) is 0 Å². The topological polar surface area (TPSA) is 188 Å². The van der Waals surface area contributed by atoms with E-state index in [-0.39, 0.29) is 55.1 Å². The van der Waals surface area contributed by atoms with Crippen molar-refractivity contribution in [3.05, 3.63) is 113 Å². The number of aromatic amines is 1. The number of aliphatic hydroxyl groups excluding tert-OH is 1. The zero-order valence-corrected chi connectivity index (χ0v) is 34.4. The van der Waals surface area contributed by atoms with Gasteiger partial charge in [-0.05, 0) is 65.9 Å². The van der Waals surface area contributed by atoms with Crippen LogP contribution in [-0.4, -0.2) is 119 Å². The molecule has 4 fully saturated rings. The minimum absolute atomic E-state index is 0.00525. The number of carbonyl (C=O) groups excluding carboxylic acids is 4. The number of pyridine rings is 1. The van der Waals surface area contributed by atoms with Gasteiger partial charge in [0.1, 0.15) is 23.7 Å². The van der Waals surface area contributed by atoms with Crippen molar-refractivity contribution in [1.82, 2.24) is 29.4 Å². The highest BCUT2D eigenvalue weighted by Crippen LogP contribution is 2.43. The molecule has 1 spiro atoms. The van der Waals surface area contributed by atoms with Gasteiger partial charge in [0.2, 0.25) is 17.6 Å². The van der Waals surface area contributed by atoms with Crippen LogP contribution in [0.25, 0.3) is 22.2 Å². The van der Waals surface area contributed by atoms with Crippen molar-refractivity contribution in [3.8, 4) is 11.1 Å². The van der Waals surface area contributed by atoms with Crippen LogP contribution in [0.5, 0.6) is 0 Å². The van der Waals surface area contributed by atoms with E-state index >= 15 is 8.78 Å². The number of likely N-dealkylation sites (tertiary alicyclic amines) is 1. The van der Waals surface area contributed by atoms with Crippen LogP contribution in [0.1, 0.15) is 62.8 Å². The van der Waals surface area contributed by atoms with Gasteiger partial charge in [-0.3, -0.25) is 34.1 Å². The molecular formula is C44H41F3N8O7S. The van der Waals surface area contributed by atoms with E-state index in [1.54, 1.807) is 18.3 Å². The number of carbonyl (C=O) groups is 4. The predicted molar refractivity (Wildman–Crippen MR) is 223 cm³/mol. The molecule has 0 bridgehead atoms. The average Bonchev–Trinajstić information content (AvgIpc) is 3.96. The van der Waals surface area contributed by atoms with Crippen LogP contribution in [0.15, 0.2) is 73.1 Å². The van der Waals surface area contributed by atoms with Gasteiger partial charge in [0.25, 0.3) is 5.91 Å². The highest BCUT2D eigenvalue weighted by molar-refractivity contribution is 7.90. The Morgan fingerprint density at radius 2 is 1.76 bits per heavy atom. The number of hydrogen-bond acceptors (Lipinski definition) is 10. The summed E-state index contributed by atoms with van der Waals surface area (Å²) in [6, 6.07) is 15.8. The van der Waals surface area contributed by atoms with E-state index in [0.717, 1.165) is 59.4 Å². The largest absolute Gasteiger partial charge is 0.387 e. The lowest BCUT2D eigenvalue weighted by atomic mass is 9.72. The number of amides is 3. The summed E-state index contributed by atoms with van der Waals surface area (Å²) >= 11 is 0. The maximum atomic E-state index is 15.7. The van der Waals surface area contributed by atoms with Crippen molar-refractivity contribution in [2.75, 3.05) is 55.4 Å². The molecule has 19 heteroatoms. The number of nitrogens with zero attached hydrogens (tertiary/aromatic N) is 5. The highest BCUT2D eigenvalue weighted by Gasteiger charge is 2.52. The van der Waals surface area contributed by atoms with Crippen molar-refractivity contribution >= 4 is 56.1 Å². The van der Waals surface area contributed by atoms with Crippen molar-refractivity contribution < 1.29 is 45.9 Å². The number of alkyl halides is 1. The second-order valence-electron chi connectivity index (χ2n) is 17.2. The van der Waals surface area contributed by atoms with E-state index in [1.165, 1.54) is 11.1 Å². The van der Waals surface area contributed by atoms with Crippen LogP contribution in [0.4, 0.5) is 24.5 Å². The molecule has 5 aliphatic heterocycles. The van der Waals surface area contributed by atoms with Gasteiger partial charge < -0.3 is 19.9 Å². The third-order valence-corrected chi connectivity index (χ3v) is 14.4. The summed E-state index contributed by atoms with van der Waals surface area (Å²) in [6.07, 6.45) is 1.21. The number of nitrogens with one attached hydrogen (secondary N) is 3. The van der Waals surface area contributed by atoms with Gasteiger partial charge >= 0.3 is 10.2 Å². The summed E-state index contributed by atoms with van der Waals surface area (Å²) in [5.74, 6) is -4.69. The number of anilines is 2. The molecule has 4 saturated heterocycles. The summed E-state index contributed by atoms with van der Waals surface area (Å²) in [4.78, 5) is 64.3. The summed E-state index contributed by atoms with van der Waals surface area (Å²) in [7, 11) is -4.37. The predicted octanol–water partition coefficient (Wildman–Crippen LogP) is 4.06. The fourth-order valence-corrected chi connectivity index (χ4v) is 10.9. The SMILES string of the molecule is O=C1CCC(N2Cc3ccc([C@@H](O)CN4CC5(C4)CN(c4ccc(-c6cnc7[nH]cc(C(=O)c8c(F)ccc(NS(=O)(=O)N9CC[C@@H](F)C9)c8F)c7c6)cc4)C5)cc3C2=O)C(=O)N1. The maximum absolute atomic E-state index is 15.7. The van der Waals surface area contributed by atoms with Crippen molar-refractivity contribution in [2.45, 2.75) is 44.1 Å². The van der Waals surface area contributed by atoms with Gasteiger partial charge in [-0.1, -0.05) is 24.3 Å². The first-order valence-electron chi connectivity index (χ1n) is 20.6. The Labute approximate surface area is 359 Å². The molecular weight excluding hydrogens is 842 g/mol. The molecule has 4 N–H and O–H groups in total. The normalized spacial score (nSPS) is 21.7. The molecule has 5 aliphatic rings. The van der Waals surface area contributed by atoms with Crippen LogP contribution >= 0.6 is 0 Å². The Hall–Kier alpha value is -6.15. The molecule has 1 unspecified atom stereocenters. The Morgan fingerprint density at radius 1 is 0.984 bits per heavy atom. The molecule has 0 radical (unpaired) electrons. The summed E-state index contributed by atoms with van der Waals surface area (Å²) in [5, 5.41) is 13.8. The molecule has 15 nitrogen and oxygen atoms in total. The lowest BCUT2D eigenvalue weighted by Gasteiger charge is -2.61. The summed E-state index contributed by atoms with van der Waals surface area (Å²) < 4.78 is 73.0. The lowest BCUT2D eigenvalue weighted by Crippen LogP contribution is -2.72. The number of benzene rings is 3. The molecule has 63 heavy (non-hydrogen) atoms. The van der Waals surface area contributed by atoms with E-state index in [2.05, 4.69) is 25.1 Å². The van der Waals surface area contributed by atoms with E-state index < -0.39 is 69.6 Å². The number of rotatable bonds is 11. The van der Waals surface area contributed by atoms with Gasteiger partial charge in [-0.2, -0.15) is 12.7 Å². The third-order valence-electron chi connectivity index (χ3n) is 12.9. The smallest absolute Gasteiger partial charge is 0.301 e. The molecule has 3 amide bonds. The monoisotopic (exact) mass is 882 g/mol. The summed E-state index contributed by atoms with van der Waals surface area (Å²) in [5.41, 5.74) is 3.07. The first kappa shape index (κ1) is 40.9. The molecule has 3 atom stereocenters. The fourth-order valence-electron chi connectivity index (χ4n) is 9.60. The van der Waals surface area contributed by atoms with Gasteiger partial charge in [0, 0.05) is 104 Å². The fraction of sp³-hybridized carbons (Fsp3) is 0.341. The standard InChI is InChI=1S/C44H41F3N8O7S/c45-28-11-12-54(18-28)63(61,62)51-34-8-7-33(46)38(39(34)47)40(58)32-16-49-41-31(32)14-27(15-48-41)24-3-5-29(6-4-24)53-22-44(23-53)20-52(21-44)19-36(56)25-1-2-26-17-55(43(60)30(26)13-25)35-9-10-37(57)50-42(35)59/h1-8,13-16,28,35-36,51,56H,9-12,17-23H2,(H,48,49)(H,50,57,59)/t28-,35?,36+/m1/s1. The Morgan fingerprint density at radius 3 is 2.49 bits per heavy atom. The minimum atomic E-state index is -4.37. The van der Waals surface area contributed by atoms with E-state index in [4.69, 9.17) is 0 Å². The number of piperidine rings is 1. The number of aromatic nitrogens is 2. The Bertz CT molecular complexity index is 2840. The van der Waals surface area contributed by atoms with E-state index in [1.807, 2.05) is 41.1 Å². The van der Waals surface area contributed by atoms with E-state index in [9.17, 15) is 37.1 Å². The number of halogens is 3. The highest BCUT2D eigenvalue weighted by atomic mass is 32.2. The molecule has 10 rings (SSSR count). The third kappa shape index (κ3) is 7.31. The van der Waals surface area contributed by atoms with Crippen molar-refractivity contribution in [1.29, 1.82) is 0 Å². The number of hydrogen-bond donors (Lipinski definition) is 4. The molecule has 5 aromatic rings. The molecule has 326 valence electrons. The van der Waals surface area contributed by atoms with Gasteiger partial charge in [0.15, 0.2) is 5.82 Å². The van der Waals surface area contributed by atoms with Crippen molar-refractivity contribution in [3.63, 3.8) is 0 Å². The number of β-amino-alcohol motifs (C(OH)–C–C–N with tert-alkyl or cyclic N) is 1. The zero-order valence-electron chi connectivity index (χ0n) is 33.6. The minimum Gasteiger partial charge on any atom is -0.387 e. The molecule has 7 heterocycles.